The highest BCUT2D eigenvalue weighted by Gasteiger charge is 2.13. The first-order chi connectivity index (χ1) is 14.3. The van der Waals surface area contributed by atoms with E-state index in [1.165, 1.54) is 21.3 Å². The molecule has 1 aliphatic rings. The Morgan fingerprint density at radius 1 is 1.10 bits per heavy atom. The van der Waals surface area contributed by atoms with Crippen LogP contribution in [0.3, 0.4) is 0 Å². The smallest absolute Gasteiger partial charge is 0.120 e. The Bertz CT molecular complexity index is 903. The van der Waals surface area contributed by atoms with Crippen LogP contribution in [0.25, 0.3) is 21.3 Å². The SMILES string of the molecule is CCNCCCCOc1ccc2c(-c3ccc(N4CCNCC4)cc3)nsc2c1. The van der Waals surface area contributed by atoms with E-state index in [9.17, 15) is 0 Å². The van der Waals surface area contributed by atoms with Gasteiger partial charge in [0, 0.05) is 42.8 Å². The number of nitrogens with one attached hydrogen (secondary N) is 2. The van der Waals surface area contributed by atoms with Crippen LogP contribution in [0.1, 0.15) is 19.8 Å². The molecule has 0 saturated carbocycles. The zero-order valence-corrected chi connectivity index (χ0v) is 17.9. The molecular weight excluding hydrogens is 380 g/mol. The molecule has 3 aromatic rings. The molecule has 0 atom stereocenters. The van der Waals surface area contributed by atoms with E-state index in [1.54, 1.807) is 11.5 Å². The first-order valence-electron chi connectivity index (χ1n) is 10.6. The molecule has 1 fully saturated rings. The summed E-state index contributed by atoms with van der Waals surface area (Å²) >= 11 is 1.55. The zero-order valence-electron chi connectivity index (χ0n) is 17.1. The van der Waals surface area contributed by atoms with Crippen LogP contribution >= 0.6 is 11.5 Å². The zero-order chi connectivity index (χ0) is 19.9. The fourth-order valence-corrected chi connectivity index (χ4v) is 4.51. The highest BCUT2D eigenvalue weighted by Crippen LogP contribution is 2.34. The number of hydrogen-bond donors (Lipinski definition) is 2. The molecule has 2 N–H and O–H groups in total. The van der Waals surface area contributed by atoms with Crippen molar-refractivity contribution < 1.29 is 4.74 Å². The van der Waals surface area contributed by atoms with Crippen molar-refractivity contribution in [3.63, 3.8) is 0 Å². The number of rotatable bonds is 9. The lowest BCUT2D eigenvalue weighted by Gasteiger charge is -2.29. The Morgan fingerprint density at radius 2 is 1.93 bits per heavy atom. The monoisotopic (exact) mass is 410 g/mol. The maximum absolute atomic E-state index is 5.93. The summed E-state index contributed by atoms with van der Waals surface area (Å²) in [7, 11) is 0. The summed E-state index contributed by atoms with van der Waals surface area (Å²) in [6, 6.07) is 15.2. The summed E-state index contributed by atoms with van der Waals surface area (Å²) in [5.41, 5.74) is 3.53. The predicted octanol–water partition coefficient (Wildman–Crippen LogP) is 4.14. The van der Waals surface area contributed by atoms with Crippen LogP contribution in [0.15, 0.2) is 42.5 Å². The van der Waals surface area contributed by atoms with Gasteiger partial charge in [-0.05, 0) is 67.8 Å². The molecule has 29 heavy (non-hydrogen) atoms. The van der Waals surface area contributed by atoms with Crippen LogP contribution in [-0.2, 0) is 0 Å². The molecule has 1 aliphatic heterocycles. The van der Waals surface area contributed by atoms with Crippen molar-refractivity contribution in [2.45, 2.75) is 19.8 Å². The Morgan fingerprint density at radius 3 is 2.72 bits per heavy atom. The van der Waals surface area contributed by atoms with Gasteiger partial charge in [0.25, 0.3) is 0 Å². The quantitative estimate of drug-likeness (QED) is 0.519. The Kier molecular flexibility index (Phi) is 6.98. The highest BCUT2D eigenvalue weighted by molar-refractivity contribution is 7.13. The Balaban J connectivity index is 1.40. The lowest BCUT2D eigenvalue weighted by Crippen LogP contribution is -2.43. The minimum atomic E-state index is 0.760. The molecule has 0 radical (unpaired) electrons. The third-order valence-corrected chi connectivity index (χ3v) is 6.14. The van der Waals surface area contributed by atoms with Crippen LogP contribution in [-0.4, -0.2) is 50.2 Å². The average molecular weight is 411 g/mol. The van der Waals surface area contributed by atoms with Gasteiger partial charge in [-0.25, -0.2) is 0 Å². The maximum Gasteiger partial charge on any atom is 0.120 e. The second kappa shape index (κ2) is 10.1. The van der Waals surface area contributed by atoms with Crippen molar-refractivity contribution in [1.29, 1.82) is 0 Å². The number of hydrogen-bond acceptors (Lipinski definition) is 6. The number of benzene rings is 2. The van der Waals surface area contributed by atoms with Gasteiger partial charge in [-0.15, -0.1) is 0 Å². The summed E-state index contributed by atoms with van der Waals surface area (Å²) in [4.78, 5) is 2.43. The number of anilines is 1. The van der Waals surface area contributed by atoms with Crippen molar-refractivity contribution in [1.82, 2.24) is 15.0 Å². The fourth-order valence-electron chi connectivity index (χ4n) is 3.69. The van der Waals surface area contributed by atoms with E-state index < -0.39 is 0 Å². The van der Waals surface area contributed by atoms with Gasteiger partial charge in [0.05, 0.1) is 17.0 Å². The predicted molar refractivity (Wildman–Crippen MR) is 123 cm³/mol. The van der Waals surface area contributed by atoms with E-state index in [4.69, 9.17) is 9.11 Å². The molecule has 0 bridgehead atoms. The fraction of sp³-hybridized carbons (Fsp3) is 0.435. The number of aromatic nitrogens is 1. The molecule has 0 spiro atoms. The number of piperazine rings is 1. The molecule has 4 rings (SSSR count). The first-order valence-corrected chi connectivity index (χ1v) is 11.4. The number of ether oxygens (including phenoxy) is 1. The van der Waals surface area contributed by atoms with Crippen LogP contribution in [0.2, 0.25) is 0 Å². The summed E-state index contributed by atoms with van der Waals surface area (Å²) in [5, 5.41) is 7.95. The highest BCUT2D eigenvalue weighted by atomic mass is 32.1. The molecule has 0 unspecified atom stereocenters. The van der Waals surface area contributed by atoms with Gasteiger partial charge >= 0.3 is 0 Å². The molecular formula is C23H30N4OS. The topological polar surface area (TPSA) is 49.4 Å². The van der Waals surface area contributed by atoms with E-state index in [1.807, 2.05) is 0 Å². The molecule has 5 nitrogen and oxygen atoms in total. The Hall–Kier alpha value is -2.15. The summed E-state index contributed by atoms with van der Waals surface area (Å²) in [6.07, 6.45) is 2.21. The number of unbranched alkanes of at least 4 members (excludes halogenated alkanes) is 1. The lowest BCUT2D eigenvalue weighted by atomic mass is 10.1. The van der Waals surface area contributed by atoms with Gasteiger partial charge in [-0.1, -0.05) is 19.1 Å². The van der Waals surface area contributed by atoms with E-state index in [0.29, 0.717) is 0 Å². The summed E-state index contributed by atoms with van der Waals surface area (Å²) in [6.45, 7) is 9.23. The number of nitrogens with zero attached hydrogens (tertiary/aromatic N) is 2. The van der Waals surface area contributed by atoms with Gasteiger partial charge in [0.1, 0.15) is 5.75 Å². The van der Waals surface area contributed by atoms with Gasteiger partial charge in [0.15, 0.2) is 0 Å². The van der Waals surface area contributed by atoms with Crippen molar-refractivity contribution in [2.24, 2.45) is 0 Å². The van der Waals surface area contributed by atoms with Crippen LogP contribution in [0.5, 0.6) is 5.75 Å². The van der Waals surface area contributed by atoms with Crippen LogP contribution in [0, 0.1) is 0 Å². The van der Waals surface area contributed by atoms with Gasteiger partial charge < -0.3 is 20.3 Å². The second-order valence-corrected chi connectivity index (χ2v) is 8.19. The third kappa shape index (κ3) is 5.07. The molecule has 1 aromatic heterocycles. The van der Waals surface area contributed by atoms with Gasteiger partial charge in [0.2, 0.25) is 0 Å². The molecule has 1 saturated heterocycles. The van der Waals surface area contributed by atoms with Gasteiger partial charge in [-0.2, -0.15) is 4.37 Å². The second-order valence-electron chi connectivity index (χ2n) is 7.38. The van der Waals surface area contributed by atoms with E-state index in [-0.39, 0.29) is 0 Å². The van der Waals surface area contributed by atoms with E-state index in [2.05, 4.69) is 64.9 Å². The molecule has 2 aromatic carbocycles. The minimum Gasteiger partial charge on any atom is -0.494 e. The summed E-state index contributed by atoms with van der Waals surface area (Å²) < 4.78 is 11.8. The largest absolute Gasteiger partial charge is 0.494 e. The standard InChI is InChI=1S/C23H30N4OS/c1-2-24-11-3-4-16-28-20-9-10-21-22(17-20)29-26-23(21)18-5-7-19(8-6-18)27-14-12-25-13-15-27/h5-10,17,24-25H,2-4,11-16H2,1H3. The van der Waals surface area contributed by atoms with E-state index in [0.717, 1.165) is 70.2 Å². The molecule has 0 amide bonds. The van der Waals surface area contributed by atoms with Crippen molar-refractivity contribution in [2.75, 3.05) is 50.8 Å². The molecule has 2 heterocycles. The van der Waals surface area contributed by atoms with Crippen LogP contribution in [0.4, 0.5) is 5.69 Å². The van der Waals surface area contributed by atoms with E-state index >= 15 is 0 Å². The normalized spacial score (nSPS) is 14.4. The summed E-state index contributed by atoms with van der Waals surface area (Å²) in [5.74, 6) is 0.935. The van der Waals surface area contributed by atoms with Crippen molar-refractivity contribution in [3.8, 4) is 17.0 Å². The average Bonchev–Trinajstić information content (AvgIpc) is 3.20. The first kappa shape index (κ1) is 20.1. The van der Waals surface area contributed by atoms with Crippen molar-refractivity contribution >= 4 is 27.3 Å². The van der Waals surface area contributed by atoms with Gasteiger partial charge in [-0.3, -0.25) is 0 Å². The minimum absolute atomic E-state index is 0.760. The third-order valence-electron chi connectivity index (χ3n) is 5.33. The van der Waals surface area contributed by atoms with Crippen LogP contribution < -0.4 is 20.3 Å². The molecule has 154 valence electrons. The van der Waals surface area contributed by atoms with Crippen molar-refractivity contribution in [3.05, 3.63) is 42.5 Å². The number of fused-ring (bicyclic) bond motifs is 1. The maximum atomic E-state index is 5.93. The molecule has 0 aliphatic carbocycles. The Labute approximate surface area is 177 Å². The lowest BCUT2D eigenvalue weighted by molar-refractivity contribution is 0.306. The molecule has 6 heteroatoms.